The fourth-order valence-electron chi connectivity index (χ4n) is 1.99. The Kier molecular flexibility index (Phi) is 13.7. The average Bonchev–Trinajstić information content (AvgIpc) is 2.61. The number of hydrogen-bond acceptors (Lipinski definition) is 8. The maximum Gasteiger partial charge on any atom is 0.472 e. The van der Waals surface area contributed by atoms with Gasteiger partial charge in [0, 0.05) is 13.3 Å². The maximum atomic E-state index is 11.7. The van der Waals surface area contributed by atoms with Crippen molar-refractivity contribution in [1.29, 1.82) is 0 Å². The van der Waals surface area contributed by atoms with Gasteiger partial charge in [-0.05, 0) is 6.42 Å². The first-order valence-electron chi connectivity index (χ1n) is 9.02. The van der Waals surface area contributed by atoms with Gasteiger partial charge in [-0.1, -0.05) is 32.6 Å². The van der Waals surface area contributed by atoms with E-state index in [0.717, 1.165) is 32.6 Å². The Morgan fingerprint density at radius 3 is 2.21 bits per heavy atom. The van der Waals surface area contributed by atoms with Crippen LogP contribution in [-0.4, -0.2) is 64.9 Å². The molecule has 0 aromatic carbocycles. The number of amides is 1. The lowest BCUT2D eigenvalue weighted by Crippen LogP contribution is -2.42. The Balaban J connectivity index is 4.09. The molecule has 3 atom stereocenters. The Morgan fingerprint density at radius 1 is 1.04 bits per heavy atom. The molecule has 3 unspecified atom stereocenters. The third-order valence-corrected chi connectivity index (χ3v) is 4.38. The van der Waals surface area contributed by atoms with Crippen molar-refractivity contribution < 1.29 is 47.8 Å². The molecule has 28 heavy (non-hydrogen) atoms. The van der Waals surface area contributed by atoms with Gasteiger partial charge >= 0.3 is 19.8 Å². The van der Waals surface area contributed by atoms with E-state index in [9.17, 15) is 28.9 Å². The number of carboxylic acid groups (broad SMARTS) is 1. The molecule has 0 saturated heterocycles. The van der Waals surface area contributed by atoms with Gasteiger partial charge < -0.3 is 25.2 Å². The van der Waals surface area contributed by atoms with Gasteiger partial charge in [0.15, 0.2) is 6.04 Å². The molecule has 1 amide bonds. The van der Waals surface area contributed by atoms with E-state index in [2.05, 4.69) is 16.0 Å². The zero-order valence-electron chi connectivity index (χ0n) is 16.2. The molecule has 11 nitrogen and oxygen atoms in total. The van der Waals surface area contributed by atoms with Crippen molar-refractivity contribution in [1.82, 2.24) is 5.32 Å². The number of unbranched alkanes of at least 4 members (excludes halogenated alkanes) is 4. The summed E-state index contributed by atoms with van der Waals surface area (Å²) in [5, 5.41) is 20.5. The van der Waals surface area contributed by atoms with Crippen LogP contribution in [0.5, 0.6) is 0 Å². The number of carboxylic acids is 1. The number of aliphatic carboxylic acids is 1. The number of nitrogens with one attached hydrogen (secondary N) is 1. The van der Waals surface area contributed by atoms with Gasteiger partial charge in [0.2, 0.25) is 5.91 Å². The van der Waals surface area contributed by atoms with E-state index in [4.69, 9.17) is 9.84 Å². The van der Waals surface area contributed by atoms with Crippen LogP contribution in [0.25, 0.3) is 0 Å². The number of rotatable bonds is 16. The van der Waals surface area contributed by atoms with Crippen LogP contribution in [0, 0.1) is 0 Å². The number of carbonyl (C=O) groups is 3. The zero-order chi connectivity index (χ0) is 21.6. The third-order valence-electron chi connectivity index (χ3n) is 3.43. The summed E-state index contributed by atoms with van der Waals surface area (Å²) >= 11 is 0. The highest BCUT2D eigenvalue weighted by atomic mass is 31.2. The van der Waals surface area contributed by atoms with Crippen molar-refractivity contribution in [2.24, 2.45) is 0 Å². The Bertz CT molecular complexity index is 542. The number of carbonyl (C=O) groups excluding carboxylic acids is 2. The Morgan fingerprint density at radius 2 is 1.64 bits per heavy atom. The average molecular weight is 427 g/mol. The molecule has 0 aliphatic heterocycles. The van der Waals surface area contributed by atoms with E-state index < -0.39 is 57.6 Å². The van der Waals surface area contributed by atoms with E-state index in [-0.39, 0.29) is 6.42 Å². The molecule has 0 aliphatic carbocycles. The summed E-state index contributed by atoms with van der Waals surface area (Å²) in [6.07, 6.45) is 3.69. The first kappa shape index (κ1) is 26.5. The molecule has 0 spiro atoms. The van der Waals surface area contributed by atoms with Gasteiger partial charge in [0.25, 0.3) is 0 Å². The lowest BCUT2D eigenvalue weighted by atomic mass is 10.1. The summed E-state index contributed by atoms with van der Waals surface area (Å²) in [7, 11) is -4.67. The molecule has 0 heterocycles. The van der Waals surface area contributed by atoms with E-state index in [1.54, 1.807) is 0 Å². The van der Waals surface area contributed by atoms with Gasteiger partial charge in [-0.2, -0.15) is 0 Å². The van der Waals surface area contributed by atoms with Crippen LogP contribution in [0.3, 0.4) is 0 Å². The fraction of sp³-hybridized carbons (Fsp3) is 0.812. The molecule has 0 aromatic heterocycles. The SMILES string of the molecule is CCCCCCCC(=O)OCC(O)COP(=O)(O)OCC(NC(C)=O)C(=O)O. The lowest BCUT2D eigenvalue weighted by molar-refractivity contribution is -0.147. The summed E-state index contributed by atoms with van der Waals surface area (Å²) in [4.78, 5) is 42.8. The van der Waals surface area contributed by atoms with Gasteiger partial charge in [-0.15, -0.1) is 0 Å². The van der Waals surface area contributed by atoms with Crippen molar-refractivity contribution in [3.8, 4) is 0 Å². The number of phosphoric ester groups is 1. The van der Waals surface area contributed by atoms with E-state index in [0.29, 0.717) is 6.42 Å². The molecule has 4 N–H and O–H groups in total. The second kappa shape index (κ2) is 14.5. The molecular formula is C16H30NO10P. The summed E-state index contributed by atoms with van der Waals surface area (Å²) in [5.41, 5.74) is 0. The van der Waals surface area contributed by atoms with Crippen molar-refractivity contribution in [2.75, 3.05) is 19.8 Å². The molecule has 0 saturated carbocycles. The zero-order valence-corrected chi connectivity index (χ0v) is 17.1. The topological polar surface area (TPSA) is 169 Å². The van der Waals surface area contributed by atoms with Crippen LogP contribution in [0.15, 0.2) is 0 Å². The predicted molar refractivity (Wildman–Crippen MR) is 97.3 cm³/mol. The first-order valence-corrected chi connectivity index (χ1v) is 10.5. The van der Waals surface area contributed by atoms with Crippen LogP contribution in [0.2, 0.25) is 0 Å². The van der Waals surface area contributed by atoms with Crippen LogP contribution >= 0.6 is 7.82 Å². The standard InChI is InChI=1S/C16H30NO10P/c1-3-4-5-6-7-8-15(20)25-9-13(19)10-26-28(23,24)27-11-14(16(21)22)17-12(2)18/h13-14,19H,3-11H2,1-2H3,(H,17,18)(H,21,22)(H,23,24). The van der Waals surface area contributed by atoms with E-state index in [1.165, 1.54) is 0 Å². The fourth-order valence-corrected chi connectivity index (χ4v) is 2.76. The molecule has 0 aromatic rings. The molecule has 0 bridgehead atoms. The number of esters is 1. The maximum absolute atomic E-state index is 11.7. The summed E-state index contributed by atoms with van der Waals surface area (Å²) in [6, 6.07) is -1.54. The van der Waals surface area contributed by atoms with Crippen molar-refractivity contribution in [3.05, 3.63) is 0 Å². The number of ether oxygens (including phenoxy) is 1. The summed E-state index contributed by atoms with van der Waals surface area (Å²) in [6.45, 7) is 1.26. The highest BCUT2D eigenvalue weighted by Crippen LogP contribution is 2.43. The molecule has 0 aliphatic rings. The number of hydrogen-bond donors (Lipinski definition) is 4. The van der Waals surface area contributed by atoms with Crippen LogP contribution < -0.4 is 5.32 Å². The lowest BCUT2D eigenvalue weighted by Gasteiger charge is -2.18. The Hall–Kier alpha value is -1.52. The van der Waals surface area contributed by atoms with Gasteiger partial charge in [0.05, 0.1) is 13.2 Å². The van der Waals surface area contributed by atoms with Crippen LogP contribution in [-0.2, 0) is 32.7 Å². The monoisotopic (exact) mass is 427 g/mol. The second-order valence-corrected chi connectivity index (χ2v) is 7.61. The van der Waals surface area contributed by atoms with Crippen molar-refractivity contribution in [3.63, 3.8) is 0 Å². The summed E-state index contributed by atoms with van der Waals surface area (Å²) in [5.74, 6) is -2.61. The van der Waals surface area contributed by atoms with Gasteiger partial charge in [-0.25, -0.2) is 9.36 Å². The molecule has 12 heteroatoms. The normalized spacial score (nSPS) is 15.3. The molecular weight excluding hydrogens is 397 g/mol. The van der Waals surface area contributed by atoms with E-state index >= 15 is 0 Å². The highest BCUT2D eigenvalue weighted by Gasteiger charge is 2.28. The smallest absolute Gasteiger partial charge is 0.472 e. The van der Waals surface area contributed by atoms with Gasteiger partial charge in [0.1, 0.15) is 12.7 Å². The minimum Gasteiger partial charge on any atom is -0.480 e. The molecule has 0 fully saturated rings. The van der Waals surface area contributed by atoms with E-state index in [1.807, 2.05) is 5.32 Å². The van der Waals surface area contributed by atoms with Crippen molar-refractivity contribution >= 4 is 25.7 Å². The Labute approximate surface area is 164 Å². The second-order valence-electron chi connectivity index (χ2n) is 6.15. The first-order chi connectivity index (χ1) is 13.1. The van der Waals surface area contributed by atoms with Gasteiger partial charge in [-0.3, -0.25) is 18.6 Å². The number of aliphatic hydroxyl groups is 1. The quantitative estimate of drug-likeness (QED) is 0.158. The van der Waals surface area contributed by atoms with Crippen molar-refractivity contribution in [2.45, 2.75) is 64.5 Å². The minimum absolute atomic E-state index is 0.221. The molecule has 0 rings (SSSR count). The number of aliphatic hydroxyl groups excluding tert-OH is 1. The van der Waals surface area contributed by atoms with Crippen LogP contribution in [0.4, 0.5) is 0 Å². The predicted octanol–water partition coefficient (Wildman–Crippen LogP) is 0.974. The summed E-state index contributed by atoms with van der Waals surface area (Å²) < 4.78 is 25.5. The molecule has 164 valence electrons. The molecule has 0 radical (unpaired) electrons. The number of phosphoric acid groups is 1. The highest BCUT2D eigenvalue weighted by molar-refractivity contribution is 7.47. The van der Waals surface area contributed by atoms with Crippen LogP contribution in [0.1, 0.15) is 52.4 Å². The third kappa shape index (κ3) is 14.5. The largest absolute Gasteiger partial charge is 0.480 e. The minimum atomic E-state index is -4.67.